The largest absolute Gasteiger partial charge is 0.452 e. The van der Waals surface area contributed by atoms with Gasteiger partial charge >= 0.3 is 0 Å². The third-order valence-electron chi connectivity index (χ3n) is 4.19. The molecular weight excluding hydrogens is 290 g/mol. The van der Waals surface area contributed by atoms with E-state index in [1.807, 2.05) is 36.4 Å². The van der Waals surface area contributed by atoms with Crippen LogP contribution >= 0.6 is 12.2 Å². The molecule has 0 unspecified atom stereocenters. The number of benzene rings is 2. The van der Waals surface area contributed by atoms with Crippen LogP contribution in [-0.4, -0.2) is 11.2 Å². The summed E-state index contributed by atoms with van der Waals surface area (Å²) in [6, 6.07) is 20.7. The summed E-state index contributed by atoms with van der Waals surface area (Å²) in [7, 11) is 0. The SMILES string of the molecule is CC(C)(C)[C@@H]1NC(=S)OC1(c1ccccc1)c1ccccc1. The standard InChI is InChI=1S/C19H21NOS/c1-18(2,3)16-19(21-17(22)20-16,14-10-6-4-7-11-14)15-12-8-5-9-13-15/h4-13,16H,1-3H3,(H,20,22)/t16-/m0/s1. The molecule has 0 saturated carbocycles. The van der Waals surface area contributed by atoms with Crippen molar-refractivity contribution < 1.29 is 4.74 Å². The fourth-order valence-corrected chi connectivity index (χ4v) is 3.52. The van der Waals surface area contributed by atoms with Gasteiger partial charge in [0.15, 0.2) is 5.60 Å². The van der Waals surface area contributed by atoms with Gasteiger partial charge in [0, 0.05) is 11.1 Å². The number of rotatable bonds is 2. The number of hydrogen-bond donors (Lipinski definition) is 1. The van der Waals surface area contributed by atoms with Crippen molar-refractivity contribution >= 4 is 17.4 Å². The lowest BCUT2D eigenvalue weighted by Gasteiger charge is -2.40. The van der Waals surface area contributed by atoms with Crippen LogP contribution < -0.4 is 5.32 Å². The minimum atomic E-state index is -0.599. The number of ether oxygens (including phenoxy) is 1. The van der Waals surface area contributed by atoms with E-state index in [1.54, 1.807) is 0 Å². The van der Waals surface area contributed by atoms with Crippen molar-refractivity contribution in [3.63, 3.8) is 0 Å². The van der Waals surface area contributed by atoms with Gasteiger partial charge in [0.25, 0.3) is 5.17 Å². The van der Waals surface area contributed by atoms with Crippen LogP contribution in [-0.2, 0) is 10.3 Å². The molecule has 0 aromatic heterocycles. The highest BCUT2D eigenvalue weighted by molar-refractivity contribution is 7.80. The smallest absolute Gasteiger partial charge is 0.258 e. The maximum absolute atomic E-state index is 6.28. The first kappa shape index (κ1) is 15.0. The molecule has 1 atom stereocenters. The third-order valence-corrected chi connectivity index (χ3v) is 4.39. The second kappa shape index (κ2) is 5.40. The monoisotopic (exact) mass is 311 g/mol. The minimum Gasteiger partial charge on any atom is -0.452 e. The number of nitrogens with one attached hydrogen (secondary N) is 1. The van der Waals surface area contributed by atoms with E-state index in [0.717, 1.165) is 11.1 Å². The molecule has 22 heavy (non-hydrogen) atoms. The van der Waals surface area contributed by atoms with Crippen LogP contribution in [0.4, 0.5) is 0 Å². The van der Waals surface area contributed by atoms with Crippen LogP contribution in [0.15, 0.2) is 60.7 Å². The summed E-state index contributed by atoms with van der Waals surface area (Å²) in [5, 5.41) is 3.86. The molecule has 2 aromatic carbocycles. The van der Waals surface area contributed by atoms with E-state index in [0.29, 0.717) is 5.17 Å². The van der Waals surface area contributed by atoms with Crippen molar-refractivity contribution in [2.45, 2.75) is 32.4 Å². The van der Waals surface area contributed by atoms with Crippen LogP contribution in [0.25, 0.3) is 0 Å². The minimum absolute atomic E-state index is 0.0216. The summed E-state index contributed by atoms with van der Waals surface area (Å²) in [6.07, 6.45) is 0. The van der Waals surface area contributed by atoms with Crippen LogP contribution in [0.5, 0.6) is 0 Å². The van der Waals surface area contributed by atoms with E-state index in [9.17, 15) is 0 Å². The lowest BCUT2D eigenvalue weighted by Crippen LogP contribution is -2.50. The number of hydrogen-bond acceptors (Lipinski definition) is 2. The van der Waals surface area contributed by atoms with Crippen molar-refractivity contribution in [3.05, 3.63) is 71.8 Å². The van der Waals surface area contributed by atoms with Gasteiger partial charge in [0.1, 0.15) is 0 Å². The predicted molar refractivity (Wildman–Crippen MR) is 93.7 cm³/mol. The molecule has 2 nitrogen and oxygen atoms in total. The zero-order chi connectivity index (χ0) is 15.8. The molecule has 1 fully saturated rings. The molecule has 114 valence electrons. The van der Waals surface area contributed by atoms with Gasteiger partial charge in [-0.05, 0) is 17.6 Å². The zero-order valence-electron chi connectivity index (χ0n) is 13.2. The van der Waals surface area contributed by atoms with Crippen molar-refractivity contribution in [2.24, 2.45) is 5.41 Å². The van der Waals surface area contributed by atoms with Crippen molar-refractivity contribution in [2.75, 3.05) is 0 Å². The Labute approximate surface area is 137 Å². The molecule has 2 aromatic rings. The molecule has 0 aliphatic carbocycles. The molecule has 1 aliphatic rings. The maximum Gasteiger partial charge on any atom is 0.258 e. The van der Waals surface area contributed by atoms with Crippen LogP contribution in [0, 0.1) is 5.41 Å². The van der Waals surface area contributed by atoms with Crippen LogP contribution in [0.1, 0.15) is 31.9 Å². The van der Waals surface area contributed by atoms with E-state index in [2.05, 4.69) is 50.4 Å². The summed E-state index contributed by atoms with van der Waals surface area (Å²) >= 11 is 5.38. The predicted octanol–water partition coefficient (Wildman–Crippen LogP) is 4.25. The Morgan fingerprint density at radius 1 is 0.909 bits per heavy atom. The van der Waals surface area contributed by atoms with Gasteiger partial charge < -0.3 is 10.1 Å². The Hall–Kier alpha value is -1.87. The van der Waals surface area contributed by atoms with Gasteiger partial charge in [0.2, 0.25) is 0 Å². The highest BCUT2D eigenvalue weighted by Gasteiger charge is 2.54. The average molecular weight is 311 g/mol. The second-order valence-corrected chi connectivity index (χ2v) is 7.17. The van der Waals surface area contributed by atoms with Crippen LogP contribution in [0.3, 0.4) is 0 Å². The van der Waals surface area contributed by atoms with Gasteiger partial charge in [-0.25, -0.2) is 0 Å². The summed E-state index contributed by atoms with van der Waals surface area (Å²) in [6.45, 7) is 6.63. The van der Waals surface area contributed by atoms with E-state index >= 15 is 0 Å². The van der Waals surface area contributed by atoms with Crippen molar-refractivity contribution in [1.82, 2.24) is 5.32 Å². The number of thiocarbonyl (C=S) groups is 1. The molecule has 1 N–H and O–H groups in total. The normalized spacial score (nSPS) is 20.3. The first-order valence-corrected chi connectivity index (χ1v) is 7.96. The van der Waals surface area contributed by atoms with E-state index in [-0.39, 0.29) is 11.5 Å². The Bertz CT molecular complexity index is 621. The Morgan fingerprint density at radius 2 is 1.36 bits per heavy atom. The zero-order valence-corrected chi connectivity index (χ0v) is 14.0. The summed E-state index contributed by atoms with van der Waals surface area (Å²) in [4.78, 5) is 0. The van der Waals surface area contributed by atoms with E-state index < -0.39 is 5.60 Å². The molecule has 3 rings (SSSR count). The quantitative estimate of drug-likeness (QED) is 0.838. The highest BCUT2D eigenvalue weighted by atomic mass is 32.1. The lowest BCUT2D eigenvalue weighted by molar-refractivity contribution is 0.0625. The average Bonchev–Trinajstić information content (AvgIpc) is 2.88. The maximum atomic E-state index is 6.28. The lowest BCUT2D eigenvalue weighted by atomic mass is 9.70. The van der Waals surface area contributed by atoms with Gasteiger partial charge in [0.05, 0.1) is 6.04 Å². The molecule has 3 heteroatoms. The molecule has 0 bridgehead atoms. The van der Waals surface area contributed by atoms with Gasteiger partial charge in [-0.1, -0.05) is 81.4 Å². The highest BCUT2D eigenvalue weighted by Crippen LogP contribution is 2.46. The molecule has 0 spiro atoms. The summed E-state index contributed by atoms with van der Waals surface area (Å²) in [5.41, 5.74) is 1.62. The molecule has 0 radical (unpaired) electrons. The molecule has 1 saturated heterocycles. The second-order valence-electron chi connectivity index (χ2n) is 6.80. The van der Waals surface area contributed by atoms with Crippen molar-refractivity contribution in [3.8, 4) is 0 Å². The molecule has 0 amide bonds. The van der Waals surface area contributed by atoms with E-state index in [1.165, 1.54) is 0 Å². The Morgan fingerprint density at radius 3 is 1.77 bits per heavy atom. The van der Waals surface area contributed by atoms with Gasteiger partial charge in [-0.15, -0.1) is 0 Å². The molecular formula is C19H21NOS. The summed E-state index contributed by atoms with van der Waals surface area (Å²) < 4.78 is 6.28. The van der Waals surface area contributed by atoms with Crippen molar-refractivity contribution in [1.29, 1.82) is 0 Å². The molecule has 1 heterocycles. The fraction of sp³-hybridized carbons (Fsp3) is 0.316. The fourth-order valence-electron chi connectivity index (χ4n) is 3.27. The topological polar surface area (TPSA) is 21.3 Å². The van der Waals surface area contributed by atoms with Crippen LogP contribution in [0.2, 0.25) is 0 Å². The molecule has 1 aliphatic heterocycles. The van der Waals surface area contributed by atoms with Gasteiger partial charge in [-0.3, -0.25) is 0 Å². The Kier molecular flexibility index (Phi) is 3.69. The third kappa shape index (κ3) is 2.40. The van der Waals surface area contributed by atoms with Gasteiger partial charge in [-0.2, -0.15) is 0 Å². The van der Waals surface area contributed by atoms with E-state index in [4.69, 9.17) is 17.0 Å². The Balaban J connectivity index is 2.26. The first-order valence-electron chi connectivity index (χ1n) is 7.55. The first-order chi connectivity index (χ1) is 10.4. The summed E-state index contributed by atoms with van der Waals surface area (Å²) in [5.74, 6) is 0.